The molecule has 0 spiro atoms. The van der Waals surface area contributed by atoms with Gasteiger partial charge in [0.2, 0.25) is 0 Å². The standard InChI is InChI=1S/C33H38O7/c1-33(2,3)40-29(35)19-27(34)30-32(38-22-26-17-11-6-12-18-26)31(37-21-25-15-9-5-10-16-25)28(39-30)23-36-20-24-13-7-4-8-14-24/h4-18,28,30-32H,19-23H2,1-3H3/t28-,30+,31-,32+/m1/s1. The number of hydrogen-bond donors (Lipinski definition) is 0. The average Bonchev–Trinajstić information content (AvgIpc) is 3.28. The van der Waals surface area contributed by atoms with Crippen molar-refractivity contribution in [2.75, 3.05) is 6.61 Å². The Bertz CT molecular complexity index is 1190. The first-order valence-corrected chi connectivity index (χ1v) is 13.6. The van der Waals surface area contributed by atoms with Crippen LogP contribution in [0.2, 0.25) is 0 Å². The zero-order valence-corrected chi connectivity index (χ0v) is 23.4. The molecule has 4 atom stereocenters. The van der Waals surface area contributed by atoms with Gasteiger partial charge < -0.3 is 23.7 Å². The third kappa shape index (κ3) is 9.10. The highest BCUT2D eigenvalue weighted by atomic mass is 16.6. The monoisotopic (exact) mass is 546 g/mol. The molecule has 1 aliphatic heterocycles. The molecular weight excluding hydrogens is 508 g/mol. The number of ketones is 1. The topological polar surface area (TPSA) is 80.3 Å². The van der Waals surface area contributed by atoms with E-state index in [0.717, 1.165) is 16.7 Å². The number of hydrogen-bond acceptors (Lipinski definition) is 7. The minimum absolute atomic E-state index is 0.190. The van der Waals surface area contributed by atoms with Crippen molar-refractivity contribution in [3.05, 3.63) is 108 Å². The van der Waals surface area contributed by atoms with Crippen LogP contribution in [0.5, 0.6) is 0 Å². The lowest BCUT2D eigenvalue weighted by Gasteiger charge is -2.25. The zero-order chi connectivity index (χ0) is 28.4. The van der Waals surface area contributed by atoms with Crippen molar-refractivity contribution < 1.29 is 33.3 Å². The third-order valence-electron chi connectivity index (χ3n) is 6.33. The second-order valence-corrected chi connectivity index (χ2v) is 10.8. The minimum Gasteiger partial charge on any atom is -0.460 e. The predicted molar refractivity (Wildman–Crippen MR) is 150 cm³/mol. The SMILES string of the molecule is CC(C)(C)OC(=O)CC(=O)[C@@H]1O[C@H](COCc2ccccc2)[C@@H](OCc2ccccc2)[C@H]1OCc1ccccc1. The number of benzene rings is 3. The fraction of sp³-hybridized carbons (Fsp3) is 0.394. The molecule has 7 nitrogen and oxygen atoms in total. The number of carbonyl (C=O) groups is 2. The van der Waals surface area contributed by atoms with Crippen LogP contribution < -0.4 is 0 Å². The molecule has 0 bridgehead atoms. The van der Waals surface area contributed by atoms with Crippen molar-refractivity contribution in [1.29, 1.82) is 0 Å². The molecule has 0 N–H and O–H groups in total. The van der Waals surface area contributed by atoms with E-state index < -0.39 is 48.2 Å². The molecule has 7 heteroatoms. The van der Waals surface area contributed by atoms with Gasteiger partial charge in [0.1, 0.15) is 36.4 Å². The Morgan fingerprint density at radius 1 is 0.700 bits per heavy atom. The van der Waals surface area contributed by atoms with E-state index in [2.05, 4.69) is 0 Å². The van der Waals surface area contributed by atoms with Gasteiger partial charge in [0, 0.05) is 0 Å². The van der Waals surface area contributed by atoms with Gasteiger partial charge in [-0.3, -0.25) is 9.59 Å². The van der Waals surface area contributed by atoms with Gasteiger partial charge >= 0.3 is 5.97 Å². The highest BCUT2D eigenvalue weighted by Gasteiger charge is 2.50. The van der Waals surface area contributed by atoms with Gasteiger partial charge in [-0.05, 0) is 37.5 Å². The summed E-state index contributed by atoms with van der Waals surface area (Å²) in [5.41, 5.74) is 2.26. The van der Waals surface area contributed by atoms with Crippen LogP contribution in [0.1, 0.15) is 43.9 Å². The molecule has 0 amide bonds. The van der Waals surface area contributed by atoms with E-state index in [9.17, 15) is 9.59 Å². The quantitative estimate of drug-likeness (QED) is 0.209. The molecule has 4 rings (SSSR count). The third-order valence-corrected chi connectivity index (χ3v) is 6.33. The smallest absolute Gasteiger partial charge is 0.313 e. The Balaban J connectivity index is 1.53. The Hall–Kier alpha value is -3.36. The van der Waals surface area contributed by atoms with Crippen LogP contribution >= 0.6 is 0 Å². The molecule has 1 heterocycles. The van der Waals surface area contributed by atoms with E-state index in [0.29, 0.717) is 13.2 Å². The minimum atomic E-state index is -1.01. The molecule has 1 aliphatic rings. The largest absolute Gasteiger partial charge is 0.460 e. The van der Waals surface area contributed by atoms with Crippen molar-refractivity contribution in [2.45, 2.75) is 77.0 Å². The lowest BCUT2D eigenvalue weighted by molar-refractivity contribution is -0.159. The first-order valence-electron chi connectivity index (χ1n) is 13.6. The first kappa shape index (κ1) is 29.6. The summed E-state index contributed by atoms with van der Waals surface area (Å²) in [4.78, 5) is 25.9. The average molecular weight is 547 g/mol. The van der Waals surface area contributed by atoms with Gasteiger partial charge in [-0.25, -0.2) is 0 Å². The van der Waals surface area contributed by atoms with Crippen molar-refractivity contribution in [3.63, 3.8) is 0 Å². The summed E-state index contributed by atoms with van der Waals surface area (Å²) in [7, 11) is 0. The van der Waals surface area contributed by atoms with Gasteiger partial charge in [0.15, 0.2) is 5.78 Å². The van der Waals surface area contributed by atoms with Crippen molar-refractivity contribution >= 4 is 11.8 Å². The Kier molecular flexibility index (Phi) is 10.6. The summed E-state index contributed by atoms with van der Waals surface area (Å²) in [5, 5.41) is 0. The van der Waals surface area contributed by atoms with Gasteiger partial charge in [-0.1, -0.05) is 91.0 Å². The number of rotatable bonds is 13. The lowest BCUT2D eigenvalue weighted by Crippen LogP contribution is -2.42. The molecule has 1 saturated heterocycles. The van der Waals surface area contributed by atoms with Crippen molar-refractivity contribution in [1.82, 2.24) is 0 Å². The van der Waals surface area contributed by atoms with E-state index in [-0.39, 0.29) is 13.2 Å². The van der Waals surface area contributed by atoms with Crippen LogP contribution in [-0.2, 0) is 53.1 Å². The number of ether oxygens (including phenoxy) is 5. The van der Waals surface area contributed by atoms with Crippen molar-refractivity contribution in [3.8, 4) is 0 Å². The molecule has 1 fully saturated rings. The van der Waals surface area contributed by atoms with Crippen LogP contribution in [0.25, 0.3) is 0 Å². The normalized spacial score (nSPS) is 20.8. The lowest BCUT2D eigenvalue weighted by atomic mass is 10.0. The maximum absolute atomic E-state index is 13.4. The summed E-state index contributed by atoms with van der Waals surface area (Å²) >= 11 is 0. The van der Waals surface area contributed by atoms with Crippen LogP contribution in [0.15, 0.2) is 91.0 Å². The molecule has 0 radical (unpaired) electrons. The fourth-order valence-electron chi connectivity index (χ4n) is 4.53. The molecule has 3 aromatic carbocycles. The molecule has 0 saturated carbocycles. The molecular formula is C33H38O7. The van der Waals surface area contributed by atoms with E-state index >= 15 is 0 Å². The number of esters is 1. The van der Waals surface area contributed by atoms with Gasteiger partial charge in [0.05, 0.1) is 26.4 Å². The highest BCUT2D eigenvalue weighted by molar-refractivity contribution is 5.98. The van der Waals surface area contributed by atoms with Crippen molar-refractivity contribution in [2.24, 2.45) is 0 Å². The predicted octanol–water partition coefficient (Wildman–Crippen LogP) is 5.44. The molecule has 0 aromatic heterocycles. The first-order chi connectivity index (χ1) is 19.3. The molecule has 0 unspecified atom stereocenters. The van der Waals surface area contributed by atoms with Crippen LogP contribution in [0.3, 0.4) is 0 Å². The molecule has 212 valence electrons. The van der Waals surface area contributed by atoms with Gasteiger partial charge in [-0.2, -0.15) is 0 Å². The van der Waals surface area contributed by atoms with E-state index in [1.165, 1.54) is 0 Å². The zero-order valence-electron chi connectivity index (χ0n) is 23.4. The maximum atomic E-state index is 13.4. The molecule has 40 heavy (non-hydrogen) atoms. The molecule has 0 aliphatic carbocycles. The summed E-state index contributed by atoms with van der Waals surface area (Å²) in [5.74, 6) is -1.01. The van der Waals surface area contributed by atoms with Crippen LogP contribution in [0.4, 0.5) is 0 Å². The van der Waals surface area contributed by atoms with Gasteiger partial charge in [0.25, 0.3) is 0 Å². The second-order valence-electron chi connectivity index (χ2n) is 10.8. The molecule has 3 aromatic rings. The number of Topliss-reactive ketones (excluding diaryl/α,β-unsaturated/α-hetero) is 1. The Morgan fingerprint density at radius 3 is 1.68 bits per heavy atom. The van der Waals surface area contributed by atoms with E-state index in [1.54, 1.807) is 20.8 Å². The Labute approximate surface area is 236 Å². The maximum Gasteiger partial charge on any atom is 0.313 e. The van der Waals surface area contributed by atoms with Gasteiger partial charge in [-0.15, -0.1) is 0 Å². The summed E-state index contributed by atoms with van der Waals surface area (Å²) in [6, 6.07) is 29.3. The summed E-state index contributed by atoms with van der Waals surface area (Å²) < 4.78 is 30.4. The summed E-state index contributed by atoms with van der Waals surface area (Å²) in [6.45, 7) is 6.44. The summed E-state index contributed by atoms with van der Waals surface area (Å²) in [6.07, 6.45) is -3.37. The highest BCUT2D eigenvalue weighted by Crippen LogP contribution is 2.30. The fourth-order valence-corrected chi connectivity index (χ4v) is 4.53. The Morgan fingerprint density at radius 2 is 1.18 bits per heavy atom. The van der Waals surface area contributed by atoms with E-state index in [4.69, 9.17) is 23.7 Å². The van der Waals surface area contributed by atoms with Crippen LogP contribution in [-0.4, -0.2) is 48.4 Å². The number of carbonyl (C=O) groups excluding carboxylic acids is 2. The van der Waals surface area contributed by atoms with E-state index in [1.807, 2.05) is 91.0 Å². The van der Waals surface area contributed by atoms with Crippen LogP contribution in [0, 0.1) is 0 Å². The second kappa shape index (κ2) is 14.3.